The summed E-state index contributed by atoms with van der Waals surface area (Å²) in [6.07, 6.45) is 1.41. The monoisotopic (exact) mass is 1740 g/mol. The van der Waals surface area contributed by atoms with E-state index in [0.29, 0.717) is 24.0 Å². The molecule has 0 spiro atoms. The van der Waals surface area contributed by atoms with Gasteiger partial charge in [0.05, 0.1) is 47.0 Å². The molecule has 56 aromatic rings. The normalized spacial score (nSPS) is 21.7. The van der Waals surface area contributed by atoms with E-state index in [2.05, 4.69) is 48.5 Å². The van der Waals surface area contributed by atoms with Crippen LogP contribution < -0.4 is 0 Å². The van der Waals surface area contributed by atoms with Gasteiger partial charge in [0.1, 0.15) is 0 Å². The van der Waals surface area contributed by atoms with Crippen molar-refractivity contribution < 1.29 is 19.1 Å². The van der Waals surface area contributed by atoms with Gasteiger partial charge in [-0.25, -0.2) is 9.59 Å². The molecule has 0 N–H and O–H groups in total. The third-order valence-corrected chi connectivity index (χ3v) is 51.0. The van der Waals surface area contributed by atoms with Crippen LogP contribution in [0.2, 0.25) is 0 Å². The van der Waals surface area contributed by atoms with Crippen LogP contribution in [-0.2, 0) is 44.0 Å². The Hall–Kier alpha value is -17.7. The van der Waals surface area contributed by atoms with Crippen LogP contribution in [0.25, 0.3) is 560 Å². The summed E-state index contributed by atoms with van der Waals surface area (Å²) in [7, 11) is 3.21. The highest BCUT2D eigenvalue weighted by atomic mass is 16.5. The number of hydrogen-bond donors (Lipinski definition) is 0. The number of benzene rings is 36. The van der Waals surface area contributed by atoms with Crippen LogP contribution in [0.5, 0.6) is 0 Å². The van der Waals surface area contributed by atoms with Crippen LogP contribution in [0, 0.1) is 0 Å². The van der Waals surface area contributed by atoms with Gasteiger partial charge >= 0.3 is 11.9 Å². The van der Waals surface area contributed by atoms with Crippen molar-refractivity contribution in [2.45, 2.75) is 34.5 Å². The molecule has 66 rings (SSSR count). The highest BCUT2D eigenvalue weighted by Gasteiger charge is 2.79. The second-order valence-electron chi connectivity index (χ2n) is 51.5. The molecule has 4 nitrogen and oxygen atoms in total. The van der Waals surface area contributed by atoms with E-state index in [4.69, 9.17) is 9.47 Å². The van der Waals surface area contributed by atoms with Gasteiger partial charge in [0, 0.05) is 0 Å². The van der Waals surface area contributed by atoms with Crippen LogP contribution in [-0.4, -0.2) is 26.2 Å². The second kappa shape index (κ2) is 12.5. The number of carbonyl (C=O) groups is 2. The summed E-state index contributed by atoms with van der Waals surface area (Å²) in [5.41, 5.74) is 20.2. The predicted molar refractivity (Wildman–Crippen MR) is 587 cm³/mol. The van der Waals surface area contributed by atoms with Crippen molar-refractivity contribution in [3.8, 4) is 0 Å². The van der Waals surface area contributed by atoms with Gasteiger partial charge in [0.25, 0.3) is 0 Å². The lowest BCUT2D eigenvalue weighted by Crippen LogP contribution is -2.59. The van der Waals surface area contributed by atoms with Gasteiger partial charge in [0.2, 0.25) is 0 Å². The largest absolute Gasteiger partial charge is 0.465 e. The molecule has 594 valence electrons. The second-order valence-corrected chi connectivity index (χ2v) is 51.5. The molecule has 142 heavy (non-hydrogen) atoms. The number of methoxy groups -OCH3 is 2. The fourth-order valence-electron chi connectivity index (χ4n) is 50.9. The van der Waals surface area contributed by atoms with E-state index >= 15 is 9.59 Å². The van der Waals surface area contributed by atoms with E-state index in [1.54, 1.807) is 641 Å². The van der Waals surface area contributed by atoms with Crippen LogP contribution in [0.1, 0.15) is 98.6 Å². The number of esters is 2. The maximum absolute atomic E-state index is 15.1. The van der Waals surface area contributed by atoms with Crippen LogP contribution in [0.4, 0.5) is 0 Å². The van der Waals surface area contributed by atoms with Gasteiger partial charge in [-0.15, -0.1) is 0 Å². The molecule has 0 radical (unpaired) electrons. The molecule has 10 aliphatic carbocycles. The molecule has 0 aromatic heterocycles. The number of rotatable bonds is 7. The number of carbonyl (C=O) groups excluding carboxylic acids is 2. The molecule has 0 heterocycles. The Labute approximate surface area is 771 Å². The van der Waals surface area contributed by atoms with E-state index in [1.165, 1.54) is 11.1 Å². The molecule has 0 bridgehead atoms. The summed E-state index contributed by atoms with van der Waals surface area (Å²) in [5.74, 6) is -0.530. The van der Waals surface area contributed by atoms with Crippen molar-refractivity contribution in [1.82, 2.24) is 0 Å². The Morgan fingerprint density at radius 2 is 0.275 bits per heavy atom. The van der Waals surface area contributed by atoms with E-state index in [9.17, 15) is 0 Å². The van der Waals surface area contributed by atoms with Gasteiger partial charge in [0.15, 0.2) is 0 Å². The summed E-state index contributed by atoms with van der Waals surface area (Å²) in [6, 6.07) is 18.3. The zero-order valence-electron chi connectivity index (χ0n) is 72.7. The van der Waals surface area contributed by atoms with E-state index < -0.39 is 21.7 Å². The van der Waals surface area contributed by atoms with Crippen molar-refractivity contribution in [3.05, 3.63) is 138 Å². The summed E-state index contributed by atoms with van der Waals surface area (Å²) in [5, 5.41) is 167. The molecule has 0 amide bonds. The molecule has 4 unspecified atom stereocenters. The van der Waals surface area contributed by atoms with Crippen LogP contribution in [0.15, 0.2) is 48.5 Å². The molecule has 0 fully saturated rings. The molecular formula is C138H18O4. The quantitative estimate of drug-likeness (QED) is 0.118. The molecule has 0 saturated carbocycles. The van der Waals surface area contributed by atoms with Crippen molar-refractivity contribution in [3.63, 3.8) is 0 Å². The first-order valence-electron chi connectivity index (χ1n) is 52.4. The Kier molecular flexibility index (Phi) is 4.74. The summed E-state index contributed by atoms with van der Waals surface area (Å²) >= 11 is 0. The first kappa shape index (κ1) is 53.9. The first-order valence-corrected chi connectivity index (χ1v) is 52.4. The van der Waals surface area contributed by atoms with Crippen molar-refractivity contribution in [1.29, 1.82) is 0 Å². The van der Waals surface area contributed by atoms with Gasteiger partial charge in [-0.2, -0.15) is 0 Å². The van der Waals surface area contributed by atoms with E-state index in [0.717, 1.165) is 0 Å². The number of ether oxygens (including phenoxy) is 2. The highest BCUT2D eigenvalue weighted by molar-refractivity contribution is 6.87. The first-order chi connectivity index (χ1) is 70.6. The van der Waals surface area contributed by atoms with E-state index in [-0.39, 0.29) is 11.9 Å². The van der Waals surface area contributed by atoms with Crippen molar-refractivity contribution in [2.75, 3.05) is 14.2 Å². The minimum Gasteiger partial charge on any atom is -0.465 e. The Bertz CT molecular complexity index is 16000. The molecule has 0 aliphatic heterocycles. The predicted octanol–water partition coefficient (Wildman–Crippen LogP) is 35.0. The molecule has 0 saturated heterocycles. The lowest BCUT2D eigenvalue weighted by molar-refractivity contribution is 0.0591. The molecule has 10 aliphatic rings. The van der Waals surface area contributed by atoms with Crippen LogP contribution >= 0.6 is 0 Å². The zero-order valence-corrected chi connectivity index (χ0v) is 72.7. The third kappa shape index (κ3) is 2.98. The molecular weight excluding hydrogens is 1720 g/mol. The fourth-order valence-corrected chi connectivity index (χ4v) is 50.9. The summed E-state index contributed by atoms with van der Waals surface area (Å²) in [6.45, 7) is 0. The van der Waals surface area contributed by atoms with Crippen molar-refractivity contribution >= 4 is 572 Å². The number of hydrogen-bond acceptors (Lipinski definition) is 4. The minimum absolute atomic E-state index is 0.265. The molecule has 56 aromatic carbocycles. The topological polar surface area (TPSA) is 52.6 Å². The Balaban J connectivity index is 0.742. The lowest BCUT2D eigenvalue weighted by Gasteiger charge is -2.61. The molecule has 4 atom stereocenters. The average molecular weight is 1740 g/mol. The summed E-state index contributed by atoms with van der Waals surface area (Å²) < 4.78 is 12.0. The summed E-state index contributed by atoms with van der Waals surface area (Å²) in [4.78, 5) is 30.3. The van der Waals surface area contributed by atoms with Gasteiger partial charge in [-0.3, -0.25) is 0 Å². The fraction of sp³-hybridized carbons (Fsp3) is 0.0580. The van der Waals surface area contributed by atoms with Gasteiger partial charge in [-0.05, 0) is 675 Å². The van der Waals surface area contributed by atoms with E-state index in [1.807, 2.05) is 0 Å². The smallest absolute Gasteiger partial charge is 0.337 e. The third-order valence-electron chi connectivity index (χ3n) is 51.0. The SMILES string of the molecule is COC(=O)c1cccc(CC23c4c5c6c7c8c9c%10c%11c(c2c2c%12c3c3c%13c4c6c4c6c%13c%13c3c3c%12c%12c%14c2c%11c2c%11c%10c%10c8c8c7c4c4c6c6c%13c7c3c%12c3c(c%142)c2c%11c%10c%10c8c4c4c%10c2c3c7c64)C59C23c4c5c6c7c8c9c%10c%11c(c2c2c%12c3c3c%13c4c6c4c6c7c7c8c8c%10c%10c%14c%11c2c2c%11c%12c%12c3c3c%13c4c4c6c6c7c7c8c%10c8c(c%142)c2c%11c%12c%10c3c4c3c%10c2c8c7c63)C59Cc2cccc(C(=O)OC)c2)c1. The van der Waals surface area contributed by atoms with Crippen LogP contribution in [0.3, 0.4) is 0 Å². The molecule has 4 heteroatoms. The standard InChI is InChI=1S/C138H18O4/c1-141-133(139)15-7-3-5-13(9-15)11-135-121-105-87-73-47-33-21-23-27-19-17-25(21)43(47)55-51-29(17)37-31(19)53-57-45(27)49-35(23)41-39(33)61-77-63(41)81-75(49)89-85(57)93-67(53)71-59(37)69-65(51)91(83(55)87)113(121)117-95(69)97(71)119-115(93)123-107(89)101(81)111-103(77)109(99(105)79(61)73)125(135)129(111)137(123,131(119)127(117)135)138-124-108-90-76-50-36-24-22-26-18-20-28(24)46(50)58-54-32(20)38-30(18)52-56-44(26)48-34(22)40-42(36)64-78-62(40)80-74(48)88-84(56)92-66(52)70-60(38)72-68(54)94(86(58)90)116(124)120-98(72)96(70)118-114(92)122-106(88)100(80)110-104(78)112(102(108)82(64)76)130(138)126(110)136(122,128(118)132(120)138)12-14-6-4-8-16(10-14)134(140)142-2/h3-10H,11-12H2,1-2H3. The van der Waals surface area contributed by atoms with Crippen molar-refractivity contribution in [2.24, 2.45) is 0 Å². The van der Waals surface area contributed by atoms with Gasteiger partial charge < -0.3 is 9.47 Å². The van der Waals surface area contributed by atoms with Gasteiger partial charge in [-0.1, -0.05) is 24.3 Å². The Morgan fingerprint density at radius 1 is 0.155 bits per heavy atom. The maximum atomic E-state index is 15.1. The minimum atomic E-state index is -1.00. The lowest BCUT2D eigenvalue weighted by atomic mass is 9.39. The zero-order chi connectivity index (χ0) is 84.9. The highest BCUT2D eigenvalue weighted by Crippen LogP contribution is 2.94. The Morgan fingerprint density at radius 3 is 0.451 bits per heavy atom. The average Bonchev–Trinajstić information content (AvgIpc) is 1.41. The maximum Gasteiger partial charge on any atom is 0.337 e.